The first-order valence-corrected chi connectivity index (χ1v) is 28.6. The van der Waals surface area contributed by atoms with Gasteiger partial charge in [0.1, 0.15) is 10.5 Å². The summed E-state index contributed by atoms with van der Waals surface area (Å²) in [7, 11) is -11.7. The molecule has 0 fully saturated rings. The number of hydrogen-bond donors (Lipinski definition) is 2. The van der Waals surface area contributed by atoms with Gasteiger partial charge in [-0.2, -0.15) is 0 Å². The van der Waals surface area contributed by atoms with E-state index in [0.717, 1.165) is 35.1 Å². The van der Waals surface area contributed by atoms with Gasteiger partial charge >= 0.3 is 0 Å². The molecule has 0 aromatic heterocycles. The smallest absolute Gasteiger partial charge is 0.187 e. The molecule has 0 aliphatic rings. The van der Waals surface area contributed by atoms with Gasteiger partial charge in [0, 0.05) is 0 Å². The lowest BCUT2D eigenvalue weighted by molar-refractivity contribution is 0.214. The Morgan fingerprint density at radius 3 is 1.06 bits per heavy atom. The summed E-state index contributed by atoms with van der Waals surface area (Å²) in [5.74, 6) is 0. The molecular weight excluding hydrogens is 921 g/mol. The van der Waals surface area contributed by atoms with Crippen LogP contribution in [0.15, 0.2) is 199 Å². The zero-order valence-electron chi connectivity index (χ0n) is 42.6. The highest BCUT2D eigenvalue weighted by Crippen LogP contribution is 2.29. The molecule has 0 radical (unpaired) electrons. The first-order chi connectivity index (χ1) is 32.5. The average Bonchev–Trinajstić information content (AvgIpc) is 3.31. The van der Waals surface area contributed by atoms with E-state index in [4.69, 9.17) is 0 Å². The van der Waals surface area contributed by atoms with Gasteiger partial charge in [0.2, 0.25) is 0 Å². The van der Waals surface area contributed by atoms with Gasteiger partial charge in [0.05, 0.1) is 32.1 Å². The summed E-state index contributed by atoms with van der Waals surface area (Å²) in [6.07, 6.45) is 17.5. The van der Waals surface area contributed by atoms with Crippen molar-refractivity contribution >= 4 is 29.5 Å². The second kappa shape index (κ2) is 28.3. The second-order valence-corrected chi connectivity index (χ2v) is 25.2. The lowest BCUT2D eigenvalue weighted by atomic mass is 10.0. The minimum Gasteiger partial charge on any atom is -0.387 e. The van der Waals surface area contributed by atoms with Crippen molar-refractivity contribution in [1.29, 1.82) is 0 Å². The predicted molar refractivity (Wildman–Crippen MR) is 287 cm³/mol. The quantitative estimate of drug-likeness (QED) is 0.0719. The number of benzene rings is 3. The molecule has 0 aliphatic carbocycles. The topological polar surface area (TPSA) is 143 Å². The summed E-state index contributed by atoms with van der Waals surface area (Å²) < 4.78 is 84.1. The normalized spacial score (nSPS) is 16.1. The van der Waals surface area contributed by atoms with Gasteiger partial charge in [-0.05, 0) is 175 Å². The highest BCUT2D eigenvalue weighted by molar-refractivity contribution is 7.92. The molecule has 3 aromatic carbocycles. The van der Waals surface area contributed by atoms with Crippen LogP contribution in [0, 0.1) is 0 Å². The number of aliphatic hydroxyl groups excluding tert-OH is 2. The molecule has 376 valence electrons. The molecule has 69 heavy (non-hydrogen) atoms. The molecule has 11 heteroatoms. The fraction of sp³-hybridized carbons (Fsp3) is 0.414. The molecule has 3 rings (SSSR count). The number of hydrogen-bond acceptors (Lipinski definition) is 8. The molecule has 0 heterocycles. The van der Waals surface area contributed by atoms with E-state index in [1.807, 2.05) is 73.6 Å². The molecule has 3 aromatic rings. The van der Waals surface area contributed by atoms with Crippen molar-refractivity contribution in [3.63, 3.8) is 0 Å². The number of sulfone groups is 3. The second-order valence-electron chi connectivity index (χ2n) is 18.9. The Morgan fingerprint density at radius 1 is 0.406 bits per heavy atom. The van der Waals surface area contributed by atoms with Crippen molar-refractivity contribution in [2.75, 3.05) is 0 Å². The van der Waals surface area contributed by atoms with Crippen molar-refractivity contribution in [3.8, 4) is 0 Å². The molecule has 8 nitrogen and oxygen atoms in total. The lowest BCUT2D eigenvalue weighted by Gasteiger charge is -2.22. The molecule has 0 spiro atoms. The maximum absolute atomic E-state index is 14.1. The molecule has 5 atom stereocenters. The molecule has 0 aliphatic heterocycles. The van der Waals surface area contributed by atoms with Crippen LogP contribution in [0.5, 0.6) is 0 Å². The highest BCUT2D eigenvalue weighted by Gasteiger charge is 2.34. The average molecular weight is 999 g/mol. The Morgan fingerprint density at radius 2 is 0.710 bits per heavy atom. The van der Waals surface area contributed by atoms with E-state index in [1.54, 1.807) is 123 Å². The third kappa shape index (κ3) is 18.9. The number of aliphatic hydroxyl groups is 2. The predicted octanol–water partition coefficient (Wildman–Crippen LogP) is 13.4. The minimum absolute atomic E-state index is 0.138. The summed E-state index contributed by atoms with van der Waals surface area (Å²) in [6.45, 7) is 19.2. The van der Waals surface area contributed by atoms with E-state index in [2.05, 4.69) is 12.2 Å². The van der Waals surface area contributed by atoms with Crippen molar-refractivity contribution in [2.45, 2.75) is 170 Å². The van der Waals surface area contributed by atoms with Crippen LogP contribution in [0.1, 0.15) is 127 Å². The molecular formula is C58H78O8S3. The van der Waals surface area contributed by atoms with Gasteiger partial charge in [-0.15, -0.1) is 0 Å². The monoisotopic (exact) mass is 998 g/mol. The van der Waals surface area contributed by atoms with Gasteiger partial charge < -0.3 is 10.2 Å². The Hall–Kier alpha value is -4.65. The Labute approximate surface area is 416 Å². The number of rotatable bonds is 27. The largest absolute Gasteiger partial charge is 0.387 e. The SMILES string of the molecule is CC(C)=CCCC(C)=CC(C(O)C(C)=CCCC(C)=CCC(C=C(C)CCC=C(C)C(O)C(C=C(C)CCC=C(C)C)S(=O)(=O)c1ccccc1)S(=O)(=O)c1ccccc1)S(=O)(=O)c1ccccc1. The summed E-state index contributed by atoms with van der Waals surface area (Å²) in [4.78, 5) is 0.501. The van der Waals surface area contributed by atoms with Crippen LogP contribution in [0.4, 0.5) is 0 Å². The zero-order chi connectivity index (χ0) is 51.4. The van der Waals surface area contributed by atoms with Crippen LogP contribution in [-0.2, 0) is 29.5 Å². The van der Waals surface area contributed by atoms with E-state index in [0.29, 0.717) is 49.7 Å². The van der Waals surface area contributed by atoms with Gasteiger partial charge in [-0.1, -0.05) is 137 Å². The van der Waals surface area contributed by atoms with Crippen LogP contribution in [0.25, 0.3) is 0 Å². The molecule has 2 N–H and O–H groups in total. The molecule has 0 saturated heterocycles. The fourth-order valence-electron chi connectivity index (χ4n) is 7.84. The molecule has 0 bridgehead atoms. The van der Waals surface area contributed by atoms with Crippen LogP contribution >= 0.6 is 0 Å². The minimum atomic E-state index is -3.94. The third-order valence-corrected chi connectivity index (χ3v) is 18.3. The maximum Gasteiger partial charge on any atom is 0.187 e. The molecule has 0 amide bonds. The van der Waals surface area contributed by atoms with E-state index in [1.165, 1.54) is 11.1 Å². The Kier molecular flexibility index (Phi) is 24.0. The third-order valence-electron chi connectivity index (χ3n) is 12.1. The summed E-state index contributed by atoms with van der Waals surface area (Å²) in [5.41, 5.74) is 6.94. The fourth-order valence-corrected chi connectivity index (χ4v) is 13.1. The van der Waals surface area contributed by atoms with Crippen LogP contribution in [0.3, 0.4) is 0 Å². The summed E-state index contributed by atoms with van der Waals surface area (Å²) in [5, 5.41) is 20.0. The summed E-state index contributed by atoms with van der Waals surface area (Å²) >= 11 is 0. The van der Waals surface area contributed by atoms with E-state index >= 15 is 0 Å². The van der Waals surface area contributed by atoms with Gasteiger partial charge in [0.25, 0.3) is 0 Å². The van der Waals surface area contributed by atoms with E-state index in [9.17, 15) is 35.5 Å². The summed E-state index contributed by atoms with van der Waals surface area (Å²) in [6, 6.07) is 24.7. The Balaban J connectivity index is 1.84. The highest BCUT2D eigenvalue weighted by atomic mass is 32.2. The van der Waals surface area contributed by atoms with Crippen LogP contribution < -0.4 is 0 Å². The van der Waals surface area contributed by atoms with Crippen LogP contribution in [-0.4, -0.2) is 63.4 Å². The van der Waals surface area contributed by atoms with Crippen LogP contribution in [0.2, 0.25) is 0 Å². The first kappa shape index (κ1) is 58.7. The van der Waals surface area contributed by atoms with Gasteiger partial charge in [0.15, 0.2) is 29.5 Å². The number of allylic oxidation sites excluding steroid dienone is 11. The van der Waals surface area contributed by atoms with E-state index in [-0.39, 0.29) is 21.1 Å². The standard InChI is InChI=1S/C58H78O8S3/c1-43(2)24-20-27-47(7)41-55(68(63,64)52-34-16-12-17-35-52)57(59)49(9)30-22-26-45(5)38-39-54(67(61,62)51-32-14-11-15-33-51)40-46(6)29-23-31-50(10)58(60)56(42-48(8)28-21-25-44(3)4)69(65,66)53-36-18-13-19-37-53/h11-19,24-25,30-38,40-42,54-60H,20-23,26-29,39H2,1-10H3. The molecule has 0 saturated carbocycles. The van der Waals surface area contributed by atoms with Gasteiger partial charge in [-0.25, -0.2) is 25.3 Å². The molecule has 5 unspecified atom stereocenters. The Bertz CT molecular complexity index is 2700. The van der Waals surface area contributed by atoms with Gasteiger partial charge in [-0.3, -0.25) is 0 Å². The van der Waals surface area contributed by atoms with Crippen molar-refractivity contribution in [2.24, 2.45) is 0 Å². The van der Waals surface area contributed by atoms with Crippen molar-refractivity contribution in [1.82, 2.24) is 0 Å². The first-order valence-electron chi connectivity index (χ1n) is 24.0. The van der Waals surface area contributed by atoms with Crippen molar-refractivity contribution in [3.05, 3.63) is 184 Å². The maximum atomic E-state index is 14.1. The lowest BCUT2D eigenvalue weighted by Crippen LogP contribution is -2.34. The zero-order valence-corrected chi connectivity index (χ0v) is 45.0. The van der Waals surface area contributed by atoms with E-state index < -0.39 is 57.5 Å². The van der Waals surface area contributed by atoms with Crippen molar-refractivity contribution < 1.29 is 35.5 Å².